The molecule has 156 valence electrons. The van der Waals surface area contributed by atoms with Crippen LogP contribution in [0.15, 0.2) is 57.8 Å². The van der Waals surface area contributed by atoms with Gasteiger partial charge in [-0.15, -0.1) is 0 Å². The van der Waals surface area contributed by atoms with Gasteiger partial charge in [0.15, 0.2) is 5.58 Å². The van der Waals surface area contributed by atoms with Gasteiger partial charge < -0.3 is 4.42 Å². The van der Waals surface area contributed by atoms with Gasteiger partial charge in [0.2, 0.25) is 10.0 Å². The second-order valence-corrected chi connectivity index (χ2v) is 9.07. The van der Waals surface area contributed by atoms with Gasteiger partial charge in [-0.25, -0.2) is 8.42 Å². The molecule has 6 nitrogen and oxygen atoms in total. The lowest BCUT2D eigenvalue weighted by molar-refractivity contribution is 0.219. The molecule has 2 aromatic carbocycles. The lowest BCUT2D eigenvalue weighted by Gasteiger charge is -2.21. The predicted octanol–water partition coefficient (Wildman–Crippen LogP) is 4.47. The number of rotatable bonds is 9. The van der Waals surface area contributed by atoms with Crippen LogP contribution in [0.25, 0.3) is 11.1 Å². The molecule has 0 aliphatic heterocycles. The molecule has 3 rings (SSSR count). The summed E-state index contributed by atoms with van der Waals surface area (Å²) >= 11 is 5.43. The minimum absolute atomic E-state index is 0.254. The van der Waals surface area contributed by atoms with E-state index in [9.17, 15) is 8.42 Å². The summed E-state index contributed by atoms with van der Waals surface area (Å²) in [5.74, 6) is 0. The molecule has 0 fully saturated rings. The van der Waals surface area contributed by atoms with Crippen LogP contribution < -0.4 is 0 Å². The van der Waals surface area contributed by atoms with Gasteiger partial charge in [0, 0.05) is 19.6 Å². The van der Waals surface area contributed by atoms with E-state index in [4.69, 9.17) is 16.6 Å². The Bertz CT molecular complexity index is 1120. The highest BCUT2D eigenvalue weighted by atomic mass is 32.2. The Labute approximate surface area is 177 Å². The largest absolute Gasteiger partial charge is 0.429 e. The number of benzene rings is 2. The number of hydrogen-bond donors (Lipinski definition) is 0. The van der Waals surface area contributed by atoms with Crippen molar-refractivity contribution in [2.75, 3.05) is 19.6 Å². The van der Waals surface area contributed by atoms with Crippen LogP contribution in [-0.4, -0.2) is 41.8 Å². The molecule has 0 radical (unpaired) electrons. The van der Waals surface area contributed by atoms with E-state index < -0.39 is 10.0 Å². The third-order valence-electron chi connectivity index (χ3n) is 5.02. The molecule has 1 heterocycles. The average Bonchev–Trinajstić information content (AvgIpc) is 3.03. The van der Waals surface area contributed by atoms with Crippen molar-refractivity contribution in [2.24, 2.45) is 0 Å². The Hall–Kier alpha value is -2.00. The molecule has 1 aromatic heterocycles. The van der Waals surface area contributed by atoms with Crippen LogP contribution in [0.1, 0.15) is 26.3 Å². The van der Waals surface area contributed by atoms with E-state index in [-0.39, 0.29) is 4.90 Å². The Kier molecular flexibility index (Phi) is 6.89. The summed E-state index contributed by atoms with van der Waals surface area (Å²) in [4.78, 5) is 2.82. The van der Waals surface area contributed by atoms with Crippen molar-refractivity contribution < 1.29 is 12.8 Å². The number of sulfonamides is 1. The van der Waals surface area contributed by atoms with Gasteiger partial charge in [-0.2, -0.15) is 4.31 Å². The van der Waals surface area contributed by atoms with Gasteiger partial charge in [-0.1, -0.05) is 51.1 Å². The van der Waals surface area contributed by atoms with Crippen LogP contribution in [-0.2, 0) is 23.2 Å². The maximum absolute atomic E-state index is 12.9. The topological polar surface area (TPSA) is 58.7 Å². The lowest BCUT2D eigenvalue weighted by atomic mass is 10.2. The van der Waals surface area contributed by atoms with E-state index in [1.165, 1.54) is 9.87 Å². The van der Waals surface area contributed by atoms with E-state index >= 15 is 0 Å². The standard InChI is InChI=1S/C21H27N3O3S2/c1-4-22(15-17-10-8-7-9-11-17)16-24-19-14-18(12-13-20(19)27-21(24)28)29(25,26)23(5-2)6-3/h7-14H,4-6,15-16H2,1-3H3. The lowest BCUT2D eigenvalue weighted by Crippen LogP contribution is -2.30. The van der Waals surface area contributed by atoms with E-state index in [1.54, 1.807) is 18.2 Å². The smallest absolute Gasteiger partial charge is 0.270 e. The predicted molar refractivity (Wildman–Crippen MR) is 118 cm³/mol. The number of fused-ring (bicyclic) bond motifs is 1. The summed E-state index contributed by atoms with van der Waals surface area (Å²) in [5, 5.41) is 0. The van der Waals surface area contributed by atoms with Crippen LogP contribution in [0.4, 0.5) is 0 Å². The SMILES string of the molecule is CCN(Cc1ccccc1)Cn1c(=S)oc2ccc(S(=O)(=O)N(CC)CC)cc21. The fourth-order valence-corrected chi connectivity index (χ4v) is 5.08. The molecule has 8 heteroatoms. The van der Waals surface area contributed by atoms with Gasteiger partial charge >= 0.3 is 0 Å². The Balaban J connectivity index is 1.97. The second kappa shape index (κ2) is 9.21. The molecule has 0 spiro atoms. The first-order chi connectivity index (χ1) is 13.9. The minimum Gasteiger partial charge on any atom is -0.429 e. The van der Waals surface area contributed by atoms with Gasteiger partial charge in [-0.05, 0) is 42.5 Å². The molecule has 0 atom stereocenters. The molecule has 0 saturated heterocycles. The number of nitrogens with zero attached hydrogens (tertiary/aromatic N) is 3. The van der Waals surface area contributed by atoms with Gasteiger partial charge in [-0.3, -0.25) is 9.47 Å². The second-order valence-electron chi connectivity index (χ2n) is 6.79. The molecule has 0 aliphatic carbocycles. The van der Waals surface area contributed by atoms with E-state index in [0.29, 0.717) is 35.7 Å². The first-order valence-corrected chi connectivity index (χ1v) is 11.6. The van der Waals surface area contributed by atoms with Gasteiger partial charge in [0.05, 0.1) is 17.1 Å². The zero-order valence-corrected chi connectivity index (χ0v) is 18.7. The van der Waals surface area contributed by atoms with Crippen LogP contribution in [0, 0.1) is 4.84 Å². The molecule has 29 heavy (non-hydrogen) atoms. The van der Waals surface area contributed by atoms with Crippen LogP contribution >= 0.6 is 12.2 Å². The van der Waals surface area contributed by atoms with E-state index in [2.05, 4.69) is 24.0 Å². The van der Waals surface area contributed by atoms with Crippen LogP contribution in [0.2, 0.25) is 0 Å². The van der Waals surface area contributed by atoms with Crippen molar-refractivity contribution >= 4 is 33.3 Å². The molecule has 3 aromatic rings. The summed E-state index contributed by atoms with van der Waals surface area (Å²) < 4.78 is 34.9. The normalized spacial score (nSPS) is 12.3. The van der Waals surface area contributed by atoms with Gasteiger partial charge in [0.25, 0.3) is 4.84 Å². The summed E-state index contributed by atoms with van der Waals surface area (Å²) in [6.45, 7) is 8.72. The minimum atomic E-state index is -3.55. The van der Waals surface area contributed by atoms with Gasteiger partial charge in [0.1, 0.15) is 0 Å². The molecule has 0 amide bonds. The summed E-state index contributed by atoms with van der Waals surface area (Å²) in [7, 11) is -3.55. The Morgan fingerprint density at radius 2 is 1.69 bits per heavy atom. The fraction of sp³-hybridized carbons (Fsp3) is 0.381. The molecule has 0 bridgehead atoms. The van der Waals surface area contributed by atoms with Crippen molar-refractivity contribution in [1.82, 2.24) is 13.8 Å². The Morgan fingerprint density at radius 1 is 1.00 bits per heavy atom. The molecule has 0 N–H and O–H groups in total. The van der Waals surface area contributed by atoms with Crippen LogP contribution in [0.5, 0.6) is 0 Å². The molecule has 0 unspecified atom stereocenters. The van der Waals surface area contributed by atoms with Crippen molar-refractivity contribution in [3.05, 3.63) is 58.9 Å². The first kappa shape index (κ1) is 21.7. The molecular formula is C21H27N3O3S2. The third-order valence-corrected chi connectivity index (χ3v) is 7.37. The first-order valence-electron chi connectivity index (χ1n) is 9.80. The molecular weight excluding hydrogens is 406 g/mol. The zero-order chi connectivity index (χ0) is 21.0. The van der Waals surface area contributed by atoms with Crippen LogP contribution in [0.3, 0.4) is 0 Å². The van der Waals surface area contributed by atoms with E-state index in [0.717, 1.165) is 13.1 Å². The number of oxazole rings is 1. The van der Waals surface area contributed by atoms with Crippen molar-refractivity contribution in [3.8, 4) is 0 Å². The quantitative estimate of drug-likeness (QED) is 0.466. The number of hydrogen-bond acceptors (Lipinski definition) is 5. The highest BCUT2D eigenvalue weighted by molar-refractivity contribution is 7.89. The molecule has 0 saturated carbocycles. The summed E-state index contributed by atoms with van der Waals surface area (Å²) in [6, 6.07) is 15.1. The summed E-state index contributed by atoms with van der Waals surface area (Å²) in [5.41, 5.74) is 2.48. The van der Waals surface area contributed by atoms with Crippen molar-refractivity contribution in [1.29, 1.82) is 0 Å². The monoisotopic (exact) mass is 433 g/mol. The number of aromatic nitrogens is 1. The molecule has 0 aliphatic rings. The fourth-order valence-electron chi connectivity index (χ4n) is 3.35. The average molecular weight is 434 g/mol. The van der Waals surface area contributed by atoms with Crippen molar-refractivity contribution in [2.45, 2.75) is 38.9 Å². The maximum Gasteiger partial charge on any atom is 0.270 e. The van der Waals surface area contributed by atoms with E-state index in [1.807, 2.05) is 36.6 Å². The van der Waals surface area contributed by atoms with Crippen molar-refractivity contribution in [3.63, 3.8) is 0 Å². The zero-order valence-electron chi connectivity index (χ0n) is 17.0. The third kappa shape index (κ3) is 4.61. The highest BCUT2D eigenvalue weighted by Crippen LogP contribution is 2.24. The highest BCUT2D eigenvalue weighted by Gasteiger charge is 2.23. The Morgan fingerprint density at radius 3 is 2.31 bits per heavy atom. The maximum atomic E-state index is 12.9. The summed E-state index contributed by atoms with van der Waals surface area (Å²) in [6.07, 6.45) is 0.